The van der Waals surface area contributed by atoms with Crippen molar-refractivity contribution in [3.05, 3.63) is 54.4 Å². The summed E-state index contributed by atoms with van der Waals surface area (Å²) in [7, 11) is 0. The van der Waals surface area contributed by atoms with Gasteiger partial charge in [-0.2, -0.15) is 9.90 Å². The highest BCUT2D eigenvalue weighted by Crippen LogP contribution is 2.32. The van der Waals surface area contributed by atoms with Gasteiger partial charge in [0.2, 0.25) is 0 Å². The number of rotatable bonds is 2. The first-order chi connectivity index (χ1) is 10.3. The Morgan fingerprint density at radius 3 is 2.86 bits per heavy atom. The fourth-order valence-electron chi connectivity index (χ4n) is 3.22. The third-order valence-electron chi connectivity index (χ3n) is 4.25. The molecule has 2 aliphatic heterocycles. The number of hydrogen-bond donors (Lipinski definition) is 0. The van der Waals surface area contributed by atoms with Crippen molar-refractivity contribution in [3.63, 3.8) is 0 Å². The average molecular weight is 280 g/mol. The molecule has 2 bridgehead atoms. The second kappa shape index (κ2) is 4.84. The van der Waals surface area contributed by atoms with Gasteiger partial charge in [-0.1, -0.05) is 30.4 Å². The van der Waals surface area contributed by atoms with Crippen LogP contribution in [0.1, 0.15) is 29.8 Å². The molecule has 0 aliphatic carbocycles. The molecule has 1 saturated heterocycles. The van der Waals surface area contributed by atoms with Crippen molar-refractivity contribution in [1.82, 2.24) is 19.9 Å². The molecule has 3 heterocycles. The van der Waals surface area contributed by atoms with E-state index in [2.05, 4.69) is 22.3 Å². The molecule has 0 unspecified atom stereocenters. The number of para-hydroxylation sites is 1. The summed E-state index contributed by atoms with van der Waals surface area (Å²) >= 11 is 0. The van der Waals surface area contributed by atoms with Crippen molar-refractivity contribution < 1.29 is 4.79 Å². The van der Waals surface area contributed by atoms with E-state index in [0.29, 0.717) is 11.7 Å². The predicted molar refractivity (Wildman–Crippen MR) is 78.1 cm³/mol. The van der Waals surface area contributed by atoms with Crippen LogP contribution in [0.5, 0.6) is 0 Å². The van der Waals surface area contributed by atoms with Crippen LogP contribution in [0, 0.1) is 0 Å². The van der Waals surface area contributed by atoms with Crippen LogP contribution in [-0.2, 0) is 0 Å². The number of nitrogens with zero attached hydrogens (tertiary/aromatic N) is 4. The van der Waals surface area contributed by atoms with Gasteiger partial charge in [0.25, 0.3) is 5.91 Å². The van der Waals surface area contributed by atoms with Crippen molar-refractivity contribution in [1.29, 1.82) is 0 Å². The Morgan fingerprint density at radius 2 is 2.05 bits per heavy atom. The molecule has 4 rings (SSSR count). The van der Waals surface area contributed by atoms with Gasteiger partial charge in [-0.05, 0) is 31.4 Å². The second-order valence-electron chi connectivity index (χ2n) is 5.53. The van der Waals surface area contributed by atoms with E-state index in [1.165, 1.54) is 4.80 Å². The first-order valence-electron chi connectivity index (χ1n) is 7.30. The first kappa shape index (κ1) is 12.3. The van der Waals surface area contributed by atoms with Gasteiger partial charge in [-0.25, -0.2) is 0 Å². The van der Waals surface area contributed by atoms with Crippen LogP contribution in [0.15, 0.2) is 48.7 Å². The summed E-state index contributed by atoms with van der Waals surface area (Å²) in [6.07, 6.45) is 8.98. The zero-order valence-electron chi connectivity index (χ0n) is 11.6. The van der Waals surface area contributed by atoms with Gasteiger partial charge in [-0.3, -0.25) is 4.79 Å². The van der Waals surface area contributed by atoms with Crippen molar-refractivity contribution in [2.24, 2.45) is 0 Å². The highest BCUT2D eigenvalue weighted by molar-refractivity contribution is 5.93. The molecule has 5 heteroatoms. The lowest BCUT2D eigenvalue weighted by molar-refractivity contribution is 0.0682. The molecule has 2 aliphatic rings. The van der Waals surface area contributed by atoms with E-state index in [1.54, 1.807) is 6.20 Å². The number of fused-ring (bicyclic) bond motifs is 2. The lowest BCUT2D eigenvalue weighted by Gasteiger charge is -2.30. The molecule has 0 N–H and O–H groups in total. The summed E-state index contributed by atoms with van der Waals surface area (Å²) in [5, 5.41) is 8.56. The summed E-state index contributed by atoms with van der Waals surface area (Å²) in [5.74, 6) is -0.00553. The number of carbonyl (C=O) groups is 1. The van der Waals surface area contributed by atoms with Crippen LogP contribution in [0.2, 0.25) is 0 Å². The van der Waals surface area contributed by atoms with Crippen LogP contribution in [0.25, 0.3) is 5.69 Å². The molecule has 1 amide bonds. The van der Waals surface area contributed by atoms with Crippen molar-refractivity contribution >= 4 is 5.91 Å². The third kappa shape index (κ3) is 2.05. The Morgan fingerprint density at radius 1 is 1.19 bits per heavy atom. The van der Waals surface area contributed by atoms with Gasteiger partial charge in [0.15, 0.2) is 5.69 Å². The Balaban J connectivity index is 1.61. The van der Waals surface area contributed by atoms with Gasteiger partial charge in [0.1, 0.15) is 0 Å². The van der Waals surface area contributed by atoms with E-state index in [1.807, 2.05) is 35.2 Å². The fourth-order valence-corrected chi connectivity index (χ4v) is 3.22. The minimum atomic E-state index is -0.00553. The Kier molecular flexibility index (Phi) is 2.84. The standard InChI is InChI=1S/C16H16N4O/c21-16(19-12-7-4-8-13(19)10-9-12)15-11-17-20(18-15)14-5-2-1-3-6-14/h1-7,11-13H,8-10H2/t12-,13-/m0/s1. The molecule has 106 valence electrons. The molecule has 1 aromatic carbocycles. The molecular formula is C16H16N4O. The van der Waals surface area contributed by atoms with E-state index in [0.717, 1.165) is 24.9 Å². The second-order valence-corrected chi connectivity index (χ2v) is 5.53. The van der Waals surface area contributed by atoms with Gasteiger partial charge in [-0.15, -0.1) is 5.10 Å². The van der Waals surface area contributed by atoms with E-state index in [4.69, 9.17) is 0 Å². The van der Waals surface area contributed by atoms with Crippen LogP contribution in [-0.4, -0.2) is 37.9 Å². The van der Waals surface area contributed by atoms with E-state index in [-0.39, 0.29) is 11.9 Å². The Labute approximate surface area is 122 Å². The van der Waals surface area contributed by atoms with E-state index in [9.17, 15) is 4.79 Å². The van der Waals surface area contributed by atoms with Gasteiger partial charge >= 0.3 is 0 Å². The Bertz CT molecular complexity index is 691. The van der Waals surface area contributed by atoms with Crippen LogP contribution in [0.4, 0.5) is 0 Å². The molecule has 0 radical (unpaired) electrons. The number of amides is 1. The topological polar surface area (TPSA) is 51.0 Å². The zero-order chi connectivity index (χ0) is 14.2. The van der Waals surface area contributed by atoms with Crippen LogP contribution < -0.4 is 0 Å². The summed E-state index contributed by atoms with van der Waals surface area (Å²) < 4.78 is 0. The molecule has 0 saturated carbocycles. The SMILES string of the molecule is O=C(c1cnn(-c2ccccc2)n1)N1[C@H]2CC=C[C@H]1CC2. The van der Waals surface area contributed by atoms with Crippen molar-refractivity contribution in [3.8, 4) is 5.69 Å². The molecule has 1 aromatic heterocycles. The number of hydrogen-bond acceptors (Lipinski definition) is 3. The minimum absolute atomic E-state index is 0.00553. The van der Waals surface area contributed by atoms with Crippen molar-refractivity contribution in [2.75, 3.05) is 0 Å². The molecule has 5 nitrogen and oxygen atoms in total. The summed E-state index contributed by atoms with van der Waals surface area (Å²) in [5.41, 5.74) is 1.28. The number of carbonyl (C=O) groups excluding carboxylic acids is 1. The maximum absolute atomic E-state index is 12.7. The zero-order valence-corrected chi connectivity index (χ0v) is 11.6. The predicted octanol–water partition coefficient (Wildman–Crippen LogP) is 2.20. The first-order valence-corrected chi connectivity index (χ1v) is 7.30. The quantitative estimate of drug-likeness (QED) is 0.792. The van der Waals surface area contributed by atoms with Crippen LogP contribution >= 0.6 is 0 Å². The molecule has 2 atom stereocenters. The normalized spacial score (nSPS) is 23.5. The van der Waals surface area contributed by atoms with Gasteiger partial charge < -0.3 is 4.90 Å². The highest BCUT2D eigenvalue weighted by atomic mass is 16.2. The number of benzene rings is 1. The molecule has 1 fully saturated rings. The Hall–Kier alpha value is -2.43. The monoisotopic (exact) mass is 280 g/mol. The number of aromatic nitrogens is 3. The van der Waals surface area contributed by atoms with E-state index >= 15 is 0 Å². The maximum atomic E-state index is 12.7. The minimum Gasteiger partial charge on any atom is -0.327 e. The largest absolute Gasteiger partial charge is 0.327 e. The van der Waals surface area contributed by atoms with Crippen LogP contribution in [0.3, 0.4) is 0 Å². The molecule has 0 spiro atoms. The maximum Gasteiger partial charge on any atom is 0.276 e. The fraction of sp³-hybridized carbons (Fsp3) is 0.312. The summed E-state index contributed by atoms with van der Waals surface area (Å²) in [6.45, 7) is 0. The highest BCUT2D eigenvalue weighted by Gasteiger charge is 2.38. The van der Waals surface area contributed by atoms with Crippen molar-refractivity contribution in [2.45, 2.75) is 31.3 Å². The molecular weight excluding hydrogens is 264 g/mol. The smallest absolute Gasteiger partial charge is 0.276 e. The third-order valence-corrected chi connectivity index (χ3v) is 4.25. The molecule has 2 aromatic rings. The van der Waals surface area contributed by atoms with E-state index < -0.39 is 0 Å². The lowest BCUT2D eigenvalue weighted by atomic mass is 10.1. The summed E-state index contributed by atoms with van der Waals surface area (Å²) in [4.78, 5) is 16.2. The van der Waals surface area contributed by atoms with Gasteiger partial charge in [0.05, 0.1) is 17.9 Å². The molecule has 21 heavy (non-hydrogen) atoms. The lowest BCUT2D eigenvalue weighted by Crippen LogP contribution is -2.42. The summed E-state index contributed by atoms with van der Waals surface area (Å²) in [6, 6.07) is 10.2. The van der Waals surface area contributed by atoms with Gasteiger partial charge in [0, 0.05) is 6.04 Å². The average Bonchev–Trinajstić information content (AvgIpc) is 3.11.